The van der Waals surface area contributed by atoms with Gasteiger partial charge in [0.05, 0.1) is 30.3 Å². The fourth-order valence-corrected chi connectivity index (χ4v) is 8.49. The number of halogens is 1. The van der Waals surface area contributed by atoms with Crippen molar-refractivity contribution >= 4 is 42.7 Å². The Hall–Kier alpha value is -3.81. The van der Waals surface area contributed by atoms with E-state index in [0.29, 0.717) is 11.5 Å². The number of para-hydroxylation sites is 1. The van der Waals surface area contributed by atoms with Gasteiger partial charge in [-0.25, -0.2) is 14.4 Å². The van der Waals surface area contributed by atoms with Gasteiger partial charge in [-0.3, -0.25) is 4.79 Å². The van der Waals surface area contributed by atoms with Gasteiger partial charge in [-0.15, -0.1) is 0 Å². The molecule has 2 aromatic rings. The molecule has 0 aromatic heterocycles. The Morgan fingerprint density at radius 3 is 2.07 bits per heavy atom. The molecule has 2 amide bonds. The van der Waals surface area contributed by atoms with Crippen molar-refractivity contribution in [1.29, 1.82) is 0 Å². The summed E-state index contributed by atoms with van der Waals surface area (Å²) in [5.74, 6) is -1.63. The first-order chi connectivity index (χ1) is 25.7. The van der Waals surface area contributed by atoms with Crippen LogP contribution in [-0.4, -0.2) is 72.6 Å². The smallest absolute Gasteiger partial charge is 0.482 e. The van der Waals surface area contributed by atoms with E-state index in [1.165, 1.54) is 25.3 Å². The highest BCUT2D eigenvalue weighted by Gasteiger charge is 2.68. The van der Waals surface area contributed by atoms with E-state index in [4.69, 9.17) is 39.9 Å². The molecule has 2 aromatic carbocycles. The molecule has 6 rings (SSSR count). The van der Waals surface area contributed by atoms with Crippen LogP contribution in [0.3, 0.4) is 0 Å². The molecule has 2 N–H and O–H groups in total. The first kappa shape index (κ1) is 43.3. The van der Waals surface area contributed by atoms with E-state index in [0.717, 1.165) is 12.8 Å². The van der Waals surface area contributed by atoms with E-state index in [9.17, 15) is 19.2 Å². The largest absolute Gasteiger partial charge is 0.496 e. The Labute approximate surface area is 336 Å². The van der Waals surface area contributed by atoms with E-state index in [2.05, 4.69) is 31.4 Å². The number of ether oxygens (including phenoxy) is 4. The molecule has 56 heavy (non-hydrogen) atoms. The van der Waals surface area contributed by atoms with Crippen molar-refractivity contribution < 1.29 is 47.4 Å². The molecule has 1 aliphatic heterocycles. The van der Waals surface area contributed by atoms with Crippen LogP contribution in [0.5, 0.6) is 5.75 Å². The molecular weight excluding hydrogens is 739 g/mol. The summed E-state index contributed by atoms with van der Waals surface area (Å²) >= 11 is 6.78. The maximum absolute atomic E-state index is 14.7. The minimum Gasteiger partial charge on any atom is -0.496 e. The second-order valence-electron chi connectivity index (χ2n) is 19.0. The number of carbonyl (C=O) groups is 4. The highest BCUT2D eigenvalue weighted by atomic mass is 35.5. The Morgan fingerprint density at radius 1 is 0.875 bits per heavy atom. The Bertz CT molecular complexity index is 1850. The lowest BCUT2D eigenvalue weighted by Crippen LogP contribution is -2.65. The van der Waals surface area contributed by atoms with Gasteiger partial charge in [0.25, 0.3) is 0 Å². The minimum atomic E-state index is -1.38. The normalized spacial score (nSPS) is 23.8. The molecule has 1 unspecified atom stereocenters. The van der Waals surface area contributed by atoms with Gasteiger partial charge in [0.15, 0.2) is 0 Å². The summed E-state index contributed by atoms with van der Waals surface area (Å²) in [7, 11) is 0.559. The van der Waals surface area contributed by atoms with Crippen LogP contribution in [0.25, 0.3) is 0 Å². The molecular formula is C42H58BClN2O10. The Kier molecular flexibility index (Phi) is 12.0. The number of methoxy groups -OCH3 is 1. The molecule has 1 heterocycles. The maximum Gasteiger partial charge on any atom is 0.482 e. The monoisotopic (exact) mass is 796 g/mol. The van der Waals surface area contributed by atoms with Gasteiger partial charge in [0.2, 0.25) is 5.91 Å². The molecule has 12 nitrogen and oxygen atoms in total. The lowest BCUT2D eigenvalue weighted by atomic mass is 9.43. The zero-order chi connectivity index (χ0) is 41.8. The number of alkyl carbamates (subject to hydrolysis) is 1. The molecule has 1 saturated heterocycles. The third kappa shape index (κ3) is 9.48. The summed E-state index contributed by atoms with van der Waals surface area (Å²) in [6, 6.07) is 8.16. The van der Waals surface area contributed by atoms with Crippen LogP contribution in [0.4, 0.5) is 4.79 Å². The first-order valence-corrected chi connectivity index (χ1v) is 19.7. The van der Waals surface area contributed by atoms with Gasteiger partial charge in [-0.05, 0) is 130 Å². The van der Waals surface area contributed by atoms with E-state index < -0.39 is 65.4 Å². The summed E-state index contributed by atoms with van der Waals surface area (Å²) in [5.41, 5.74) is -1.71. The van der Waals surface area contributed by atoms with Crippen molar-refractivity contribution in [2.45, 2.75) is 143 Å². The minimum absolute atomic E-state index is 0.0433. The number of hydrogen-bond acceptors (Lipinski definition) is 10. The van der Waals surface area contributed by atoms with E-state index in [-0.39, 0.29) is 51.3 Å². The predicted octanol–water partition coefficient (Wildman–Crippen LogP) is 7.82. The second kappa shape index (κ2) is 15.5. The summed E-state index contributed by atoms with van der Waals surface area (Å²) in [4.78, 5) is 54.2. The highest BCUT2D eigenvalue weighted by Crippen LogP contribution is 2.65. The van der Waals surface area contributed by atoms with Crippen LogP contribution in [0.1, 0.15) is 134 Å². The molecule has 4 fully saturated rings. The molecule has 4 aliphatic rings. The highest BCUT2D eigenvalue weighted by molar-refractivity contribution is 6.48. The van der Waals surface area contributed by atoms with Crippen molar-refractivity contribution in [2.75, 3.05) is 7.11 Å². The van der Waals surface area contributed by atoms with Gasteiger partial charge >= 0.3 is 25.2 Å². The summed E-state index contributed by atoms with van der Waals surface area (Å²) < 4.78 is 36.1. The fraction of sp³-hybridized carbons (Fsp3) is 0.619. The van der Waals surface area contributed by atoms with Gasteiger partial charge in [0.1, 0.15) is 34.2 Å². The summed E-state index contributed by atoms with van der Waals surface area (Å²) in [6.45, 7) is 22.3. The van der Waals surface area contributed by atoms with Crippen LogP contribution in [-0.2, 0) is 34.7 Å². The quantitative estimate of drug-likeness (QED) is 0.139. The fourth-order valence-electron chi connectivity index (χ4n) is 8.20. The van der Waals surface area contributed by atoms with Gasteiger partial charge in [-0.1, -0.05) is 43.6 Å². The molecule has 0 radical (unpaired) electrons. The predicted molar refractivity (Wildman–Crippen MR) is 213 cm³/mol. The van der Waals surface area contributed by atoms with E-state index >= 15 is 0 Å². The summed E-state index contributed by atoms with van der Waals surface area (Å²) in [6.07, 6.45) is 0.891. The van der Waals surface area contributed by atoms with Crippen LogP contribution in [0, 0.1) is 17.3 Å². The molecule has 3 saturated carbocycles. The zero-order valence-electron chi connectivity index (χ0n) is 35.0. The molecule has 0 spiro atoms. The van der Waals surface area contributed by atoms with Crippen LogP contribution < -0.4 is 15.4 Å². The van der Waals surface area contributed by atoms with Crippen LogP contribution in [0.15, 0.2) is 36.4 Å². The van der Waals surface area contributed by atoms with Crippen molar-refractivity contribution in [3.05, 3.63) is 63.7 Å². The van der Waals surface area contributed by atoms with Crippen LogP contribution in [0.2, 0.25) is 5.02 Å². The van der Waals surface area contributed by atoms with E-state index in [1.807, 2.05) is 0 Å². The van der Waals surface area contributed by atoms with Gasteiger partial charge < -0.3 is 38.9 Å². The first-order valence-electron chi connectivity index (χ1n) is 19.3. The average molecular weight is 797 g/mol. The number of benzene rings is 2. The van der Waals surface area contributed by atoms with Crippen molar-refractivity contribution in [1.82, 2.24) is 10.6 Å². The van der Waals surface area contributed by atoms with Crippen LogP contribution >= 0.6 is 11.6 Å². The van der Waals surface area contributed by atoms with Gasteiger partial charge in [-0.2, -0.15) is 0 Å². The van der Waals surface area contributed by atoms with Crippen molar-refractivity contribution in [3.8, 4) is 5.75 Å². The standard InChI is InChI=1S/C42H58BClN2O10/c1-38(2,3)52-35(48)24-17-18-26(28(44)19-24)32(46-37(50)54-40(7,8)9)34(47)45-31(43-55-30-22-25-21-29(41(25,10)11)42(30,12)56-43)20-23-15-14-16-27(33(23)51-13)36(49)53-39(4,5)6/h14-19,25,29-32H,20-22H2,1-13H3,(H,45,47)(H,46,50)/t25-,29-,30+,31-,32?,42-/m0/s1. The molecule has 306 valence electrons. The third-order valence-electron chi connectivity index (χ3n) is 10.9. The summed E-state index contributed by atoms with van der Waals surface area (Å²) in [5, 5.41) is 5.83. The third-order valence-corrected chi connectivity index (χ3v) is 11.2. The lowest BCUT2D eigenvalue weighted by molar-refractivity contribution is -0.199. The average Bonchev–Trinajstić information content (AvgIpc) is 3.41. The number of esters is 2. The molecule has 14 heteroatoms. The number of hydrogen-bond donors (Lipinski definition) is 2. The Morgan fingerprint density at radius 2 is 1.50 bits per heavy atom. The second-order valence-corrected chi connectivity index (χ2v) is 19.4. The zero-order valence-corrected chi connectivity index (χ0v) is 35.8. The topological polar surface area (TPSA) is 148 Å². The van der Waals surface area contributed by atoms with Gasteiger partial charge in [0, 0.05) is 10.6 Å². The molecule has 3 aliphatic carbocycles. The lowest BCUT2D eigenvalue weighted by Gasteiger charge is -2.64. The SMILES string of the molecule is COc1c(C[C@H](NC(=O)C(NC(=O)OC(C)(C)C)c2ccc(C(=O)OC(C)(C)C)cc2Cl)B2O[C@@H]3C[C@@H]4C[C@@H](C4(C)C)[C@]3(C)O2)cccc1C(=O)OC(C)(C)C. The number of rotatable bonds is 10. The Balaban J connectivity index is 1.53. The van der Waals surface area contributed by atoms with Crippen molar-refractivity contribution in [2.24, 2.45) is 17.3 Å². The number of nitrogens with one attached hydrogen (secondary N) is 2. The van der Waals surface area contributed by atoms with Crippen molar-refractivity contribution in [3.63, 3.8) is 0 Å². The number of carbonyl (C=O) groups excluding carboxylic acids is 4. The van der Waals surface area contributed by atoms with E-state index in [1.54, 1.807) is 80.5 Å². The molecule has 2 bridgehead atoms. The number of amides is 2. The maximum atomic E-state index is 14.7. The molecule has 6 atom stereocenters.